The zero-order valence-corrected chi connectivity index (χ0v) is 10.8. The summed E-state index contributed by atoms with van der Waals surface area (Å²) < 4.78 is 0. The second kappa shape index (κ2) is 5.92. The molecule has 1 aromatic heterocycles. The molecule has 1 aliphatic heterocycles. The molecule has 1 atom stereocenters. The predicted molar refractivity (Wildman–Crippen MR) is 70.6 cm³/mol. The summed E-state index contributed by atoms with van der Waals surface area (Å²) in [4.78, 5) is 14.3. The average molecular weight is 251 g/mol. The van der Waals surface area contributed by atoms with E-state index in [1.54, 1.807) is 0 Å². The maximum Gasteiger partial charge on any atom is 0.225 e. The van der Waals surface area contributed by atoms with Gasteiger partial charge in [0.2, 0.25) is 11.9 Å². The molecule has 0 amide bonds. The number of aromatic nitrogens is 3. The summed E-state index contributed by atoms with van der Waals surface area (Å²) in [5, 5.41) is 3.41. The van der Waals surface area contributed by atoms with E-state index in [0.29, 0.717) is 18.4 Å². The van der Waals surface area contributed by atoms with Crippen LogP contribution in [0.2, 0.25) is 0 Å². The molecule has 2 rings (SSSR count). The number of anilines is 2. The monoisotopic (exact) mass is 251 g/mol. The Morgan fingerprint density at radius 2 is 1.89 bits per heavy atom. The number of nitrogens with one attached hydrogen (secondary N) is 1. The van der Waals surface area contributed by atoms with Crippen molar-refractivity contribution in [2.45, 2.75) is 31.8 Å². The lowest BCUT2D eigenvalue weighted by molar-refractivity contribution is 0.212. The highest BCUT2D eigenvalue weighted by atomic mass is 15.2. The lowest BCUT2D eigenvalue weighted by atomic mass is 10.1. The molecule has 0 bridgehead atoms. The van der Waals surface area contributed by atoms with Gasteiger partial charge >= 0.3 is 0 Å². The summed E-state index contributed by atoms with van der Waals surface area (Å²) in [5.74, 6) is 1.02. The molecule has 0 spiro atoms. The third-order valence-electron chi connectivity index (χ3n) is 3.28. The van der Waals surface area contributed by atoms with Crippen LogP contribution < -0.4 is 16.8 Å². The first-order valence-electron chi connectivity index (χ1n) is 6.32. The molecule has 5 N–H and O–H groups in total. The molecule has 0 radical (unpaired) electrons. The van der Waals surface area contributed by atoms with Gasteiger partial charge in [0.1, 0.15) is 5.82 Å². The molecule has 100 valence electrons. The largest absolute Gasteiger partial charge is 0.368 e. The molecule has 0 aromatic carbocycles. The van der Waals surface area contributed by atoms with Crippen molar-refractivity contribution in [1.29, 1.82) is 0 Å². The average Bonchev–Trinajstić information content (AvgIpc) is 2.55. The highest BCUT2D eigenvalue weighted by Crippen LogP contribution is 2.14. The molecule has 1 unspecified atom stereocenters. The second-order valence-corrected chi connectivity index (χ2v) is 4.72. The fourth-order valence-electron chi connectivity index (χ4n) is 2.32. The molecule has 7 heteroatoms. The van der Waals surface area contributed by atoms with Crippen LogP contribution in [0.25, 0.3) is 0 Å². The molecular formula is C11H21N7. The minimum Gasteiger partial charge on any atom is -0.368 e. The quantitative estimate of drug-likeness (QED) is 0.671. The lowest BCUT2D eigenvalue weighted by Crippen LogP contribution is -2.32. The van der Waals surface area contributed by atoms with Gasteiger partial charge in [-0.3, -0.25) is 4.90 Å². The normalized spacial score (nSPS) is 20.9. The Balaban J connectivity index is 1.98. The summed E-state index contributed by atoms with van der Waals surface area (Å²) >= 11 is 0. The van der Waals surface area contributed by atoms with Gasteiger partial charge in [-0.2, -0.15) is 15.0 Å². The highest BCUT2D eigenvalue weighted by molar-refractivity contribution is 5.25. The Morgan fingerprint density at radius 1 is 1.17 bits per heavy atom. The zero-order valence-electron chi connectivity index (χ0n) is 10.8. The van der Waals surface area contributed by atoms with Gasteiger partial charge in [-0.05, 0) is 39.4 Å². The van der Waals surface area contributed by atoms with Crippen molar-refractivity contribution in [3.63, 3.8) is 0 Å². The minimum absolute atomic E-state index is 0.188. The molecule has 1 saturated heterocycles. The van der Waals surface area contributed by atoms with E-state index in [-0.39, 0.29) is 11.9 Å². The fourth-order valence-corrected chi connectivity index (χ4v) is 2.32. The Bertz CT molecular complexity index is 367. The Labute approximate surface area is 107 Å². The Hall–Kier alpha value is -1.47. The predicted octanol–water partition coefficient (Wildman–Crippen LogP) is -0.390. The number of nitrogen functional groups attached to an aromatic ring is 2. The van der Waals surface area contributed by atoms with E-state index in [4.69, 9.17) is 11.5 Å². The van der Waals surface area contributed by atoms with Crippen LogP contribution in [-0.4, -0.2) is 46.0 Å². The van der Waals surface area contributed by atoms with E-state index in [9.17, 15) is 0 Å². The van der Waals surface area contributed by atoms with Gasteiger partial charge < -0.3 is 16.8 Å². The molecule has 0 aliphatic carbocycles. The van der Waals surface area contributed by atoms with E-state index >= 15 is 0 Å². The van der Waals surface area contributed by atoms with Gasteiger partial charge in [0.15, 0.2) is 0 Å². The van der Waals surface area contributed by atoms with E-state index in [1.807, 2.05) is 0 Å². The van der Waals surface area contributed by atoms with Crippen LogP contribution in [0.3, 0.4) is 0 Å². The van der Waals surface area contributed by atoms with Gasteiger partial charge in [0.05, 0.1) is 6.54 Å². The minimum atomic E-state index is 0.188. The highest BCUT2D eigenvalue weighted by Gasteiger charge is 2.18. The topological polar surface area (TPSA) is 106 Å². The molecule has 2 heterocycles. The maximum atomic E-state index is 5.57. The Morgan fingerprint density at radius 3 is 2.61 bits per heavy atom. The zero-order chi connectivity index (χ0) is 13.0. The first kappa shape index (κ1) is 13.0. The van der Waals surface area contributed by atoms with E-state index in [0.717, 1.165) is 19.5 Å². The van der Waals surface area contributed by atoms with Gasteiger partial charge in [-0.25, -0.2) is 0 Å². The van der Waals surface area contributed by atoms with Crippen LogP contribution in [0, 0.1) is 0 Å². The van der Waals surface area contributed by atoms with Crippen molar-refractivity contribution in [3.8, 4) is 0 Å². The summed E-state index contributed by atoms with van der Waals surface area (Å²) in [5.41, 5.74) is 11.1. The Kier molecular flexibility index (Phi) is 4.27. The van der Waals surface area contributed by atoms with Gasteiger partial charge in [0, 0.05) is 6.04 Å². The molecule has 1 aromatic rings. The standard InChI is InChI=1S/C11H21N7/c1-18(8-3-2-5-14-6-4-8)7-9-15-10(12)17-11(13)16-9/h8,14H,2-7H2,1H3,(H4,12,13,15,16,17). The molecule has 1 fully saturated rings. The van der Waals surface area contributed by atoms with Crippen LogP contribution in [0.1, 0.15) is 25.1 Å². The number of nitrogens with zero attached hydrogens (tertiary/aromatic N) is 4. The van der Waals surface area contributed by atoms with Crippen molar-refractivity contribution in [3.05, 3.63) is 5.82 Å². The van der Waals surface area contributed by atoms with Crippen LogP contribution in [0.5, 0.6) is 0 Å². The van der Waals surface area contributed by atoms with Crippen molar-refractivity contribution in [2.24, 2.45) is 0 Å². The number of nitrogens with two attached hydrogens (primary N) is 2. The molecule has 18 heavy (non-hydrogen) atoms. The summed E-state index contributed by atoms with van der Waals surface area (Å²) in [6, 6.07) is 0.555. The van der Waals surface area contributed by atoms with Crippen molar-refractivity contribution >= 4 is 11.9 Å². The number of hydrogen-bond donors (Lipinski definition) is 3. The van der Waals surface area contributed by atoms with E-state index in [2.05, 4.69) is 32.2 Å². The molecule has 1 aliphatic rings. The van der Waals surface area contributed by atoms with Crippen LogP contribution in [0.15, 0.2) is 0 Å². The SMILES string of the molecule is CN(Cc1nc(N)nc(N)n1)C1CCCNCC1. The van der Waals surface area contributed by atoms with Gasteiger partial charge in [-0.15, -0.1) is 0 Å². The van der Waals surface area contributed by atoms with Crippen LogP contribution in [-0.2, 0) is 6.54 Å². The summed E-state index contributed by atoms with van der Waals surface area (Å²) in [7, 11) is 2.09. The van der Waals surface area contributed by atoms with E-state index in [1.165, 1.54) is 12.8 Å². The van der Waals surface area contributed by atoms with E-state index < -0.39 is 0 Å². The van der Waals surface area contributed by atoms with Gasteiger partial charge in [-0.1, -0.05) is 0 Å². The molecule has 0 saturated carbocycles. The van der Waals surface area contributed by atoms with Crippen molar-refractivity contribution in [2.75, 3.05) is 31.6 Å². The summed E-state index contributed by atoms with van der Waals surface area (Å²) in [6.07, 6.45) is 3.54. The van der Waals surface area contributed by atoms with Gasteiger partial charge in [0.25, 0.3) is 0 Å². The van der Waals surface area contributed by atoms with Crippen molar-refractivity contribution < 1.29 is 0 Å². The molecular weight excluding hydrogens is 230 g/mol. The molecule has 7 nitrogen and oxygen atoms in total. The summed E-state index contributed by atoms with van der Waals surface area (Å²) in [6.45, 7) is 2.83. The third-order valence-corrected chi connectivity index (χ3v) is 3.28. The second-order valence-electron chi connectivity index (χ2n) is 4.72. The number of rotatable bonds is 3. The first-order valence-corrected chi connectivity index (χ1v) is 6.32. The maximum absolute atomic E-state index is 5.57. The number of hydrogen-bond acceptors (Lipinski definition) is 7. The first-order chi connectivity index (χ1) is 8.65. The third kappa shape index (κ3) is 3.51. The van der Waals surface area contributed by atoms with Crippen LogP contribution >= 0.6 is 0 Å². The smallest absolute Gasteiger partial charge is 0.225 e. The fraction of sp³-hybridized carbons (Fsp3) is 0.727. The van der Waals surface area contributed by atoms with Crippen LogP contribution in [0.4, 0.5) is 11.9 Å². The van der Waals surface area contributed by atoms with Crippen molar-refractivity contribution in [1.82, 2.24) is 25.2 Å². The lowest BCUT2D eigenvalue weighted by Gasteiger charge is -2.26.